The molecule has 0 saturated carbocycles. The number of carbonyl (C=O) groups excluding carboxylic acids is 1. The first-order chi connectivity index (χ1) is 13.9. The number of rotatable bonds is 7. The first kappa shape index (κ1) is 21.6. The van der Waals surface area contributed by atoms with Crippen LogP contribution in [0.15, 0.2) is 51.8 Å². The summed E-state index contributed by atoms with van der Waals surface area (Å²) >= 11 is 3.35. The molecule has 0 radical (unpaired) electrons. The first-order valence-corrected chi connectivity index (χ1v) is 11.1. The summed E-state index contributed by atoms with van der Waals surface area (Å²) in [6.45, 7) is 0.985. The lowest BCUT2D eigenvalue weighted by atomic mass is 10.3. The average molecular weight is 485 g/mol. The van der Waals surface area contributed by atoms with E-state index in [1.807, 2.05) is 6.07 Å². The predicted octanol–water partition coefficient (Wildman–Crippen LogP) is 2.50. The molecule has 8 nitrogen and oxygen atoms in total. The quantitative estimate of drug-likeness (QED) is 0.648. The molecule has 1 amide bonds. The topological polar surface area (TPSA) is 94.2 Å². The fourth-order valence-electron chi connectivity index (χ4n) is 2.78. The van der Waals surface area contributed by atoms with Gasteiger partial charge in [-0.15, -0.1) is 0 Å². The first-order valence-electron chi connectivity index (χ1n) is 8.85. The normalized spacial score (nSPS) is 15.0. The molecule has 1 heterocycles. The Morgan fingerprint density at radius 2 is 1.90 bits per heavy atom. The SMILES string of the molecule is COc1ccc(NC(=O)COc2ccccc2Br)cc1S(=O)(=O)N1CCOCC1. The average Bonchev–Trinajstić information content (AvgIpc) is 2.74. The van der Waals surface area contributed by atoms with Crippen LogP contribution in [0.25, 0.3) is 0 Å². The third kappa shape index (κ3) is 5.27. The van der Waals surface area contributed by atoms with Gasteiger partial charge in [0, 0.05) is 18.8 Å². The number of anilines is 1. The second-order valence-electron chi connectivity index (χ2n) is 6.15. The van der Waals surface area contributed by atoms with Gasteiger partial charge in [-0.25, -0.2) is 8.42 Å². The highest BCUT2D eigenvalue weighted by molar-refractivity contribution is 9.10. The molecule has 156 valence electrons. The second-order valence-corrected chi connectivity index (χ2v) is 8.91. The van der Waals surface area contributed by atoms with Gasteiger partial charge in [0.15, 0.2) is 6.61 Å². The van der Waals surface area contributed by atoms with E-state index in [2.05, 4.69) is 21.2 Å². The summed E-state index contributed by atoms with van der Waals surface area (Å²) < 4.78 is 44.0. The van der Waals surface area contributed by atoms with E-state index in [9.17, 15) is 13.2 Å². The molecule has 2 aromatic carbocycles. The third-order valence-corrected chi connectivity index (χ3v) is 6.81. The van der Waals surface area contributed by atoms with Crippen LogP contribution in [0.1, 0.15) is 0 Å². The number of hydrogen-bond donors (Lipinski definition) is 1. The Kier molecular flexibility index (Phi) is 7.12. The third-order valence-electron chi connectivity index (χ3n) is 4.23. The van der Waals surface area contributed by atoms with Crippen LogP contribution in [0.4, 0.5) is 5.69 Å². The number of nitrogens with zero attached hydrogens (tertiary/aromatic N) is 1. The zero-order valence-corrected chi connectivity index (χ0v) is 18.2. The van der Waals surface area contributed by atoms with Crippen LogP contribution in [0, 0.1) is 0 Å². The number of carbonyl (C=O) groups is 1. The minimum absolute atomic E-state index is 0.00794. The van der Waals surface area contributed by atoms with Crippen molar-refractivity contribution in [1.29, 1.82) is 0 Å². The van der Waals surface area contributed by atoms with E-state index in [-0.39, 0.29) is 30.3 Å². The number of hydrogen-bond acceptors (Lipinski definition) is 6. The molecule has 29 heavy (non-hydrogen) atoms. The van der Waals surface area contributed by atoms with Gasteiger partial charge in [0.05, 0.1) is 24.8 Å². The fraction of sp³-hybridized carbons (Fsp3) is 0.316. The van der Waals surface area contributed by atoms with Crippen LogP contribution in [0.5, 0.6) is 11.5 Å². The monoisotopic (exact) mass is 484 g/mol. The van der Waals surface area contributed by atoms with Crippen molar-refractivity contribution in [2.24, 2.45) is 0 Å². The maximum atomic E-state index is 13.0. The van der Waals surface area contributed by atoms with Crippen LogP contribution >= 0.6 is 15.9 Å². The number of para-hydroxylation sites is 1. The summed E-state index contributed by atoms with van der Waals surface area (Å²) in [6.07, 6.45) is 0. The number of morpholine rings is 1. The Hall–Kier alpha value is -2.14. The standard InChI is InChI=1S/C19H21BrN2O6S/c1-26-17-7-6-14(12-18(17)29(24,25)22-8-10-27-11-9-22)21-19(23)13-28-16-5-3-2-4-15(16)20/h2-7,12H,8-11,13H2,1H3,(H,21,23). The molecular weight excluding hydrogens is 464 g/mol. The van der Waals surface area contributed by atoms with E-state index >= 15 is 0 Å². The highest BCUT2D eigenvalue weighted by atomic mass is 79.9. The van der Waals surface area contributed by atoms with Gasteiger partial charge in [-0.1, -0.05) is 12.1 Å². The summed E-state index contributed by atoms with van der Waals surface area (Å²) in [4.78, 5) is 12.2. The van der Waals surface area contributed by atoms with Crippen molar-refractivity contribution >= 4 is 37.5 Å². The van der Waals surface area contributed by atoms with E-state index in [1.165, 1.54) is 23.5 Å². The molecule has 0 spiro atoms. The van der Waals surface area contributed by atoms with E-state index in [1.54, 1.807) is 24.3 Å². The minimum atomic E-state index is -3.78. The second kappa shape index (κ2) is 9.57. The van der Waals surface area contributed by atoms with Crippen LogP contribution in [0.3, 0.4) is 0 Å². The fourth-order valence-corrected chi connectivity index (χ4v) is 4.77. The number of methoxy groups -OCH3 is 1. The maximum absolute atomic E-state index is 13.0. The molecular formula is C19H21BrN2O6S. The van der Waals surface area contributed by atoms with Crippen molar-refractivity contribution in [3.63, 3.8) is 0 Å². The van der Waals surface area contributed by atoms with E-state index in [0.29, 0.717) is 24.7 Å². The van der Waals surface area contributed by atoms with Gasteiger partial charge in [0.2, 0.25) is 10.0 Å². The number of nitrogens with one attached hydrogen (secondary N) is 1. The predicted molar refractivity (Wildman–Crippen MR) is 111 cm³/mol. The zero-order valence-electron chi connectivity index (χ0n) is 15.8. The molecule has 2 aromatic rings. The van der Waals surface area contributed by atoms with E-state index in [4.69, 9.17) is 14.2 Å². The highest BCUT2D eigenvalue weighted by Gasteiger charge is 2.29. The molecule has 0 atom stereocenters. The van der Waals surface area contributed by atoms with Crippen molar-refractivity contribution in [2.75, 3.05) is 45.3 Å². The smallest absolute Gasteiger partial charge is 0.262 e. The largest absolute Gasteiger partial charge is 0.495 e. The van der Waals surface area contributed by atoms with E-state index in [0.717, 1.165) is 4.47 Å². The number of sulfonamides is 1. The Morgan fingerprint density at radius 1 is 1.17 bits per heavy atom. The van der Waals surface area contributed by atoms with Crippen molar-refractivity contribution in [1.82, 2.24) is 4.31 Å². The molecule has 1 N–H and O–H groups in total. The molecule has 0 aliphatic carbocycles. The molecule has 1 fully saturated rings. The molecule has 0 aromatic heterocycles. The van der Waals surface area contributed by atoms with Gasteiger partial charge in [0.25, 0.3) is 5.91 Å². The van der Waals surface area contributed by atoms with Crippen molar-refractivity contribution in [2.45, 2.75) is 4.90 Å². The minimum Gasteiger partial charge on any atom is -0.495 e. The van der Waals surface area contributed by atoms with Crippen molar-refractivity contribution in [3.05, 3.63) is 46.9 Å². The summed E-state index contributed by atoms with van der Waals surface area (Å²) in [5.74, 6) is 0.326. The summed E-state index contributed by atoms with van der Waals surface area (Å²) in [7, 11) is -2.38. The summed E-state index contributed by atoms with van der Waals surface area (Å²) in [5.41, 5.74) is 0.332. The van der Waals surface area contributed by atoms with Gasteiger partial charge in [-0.05, 0) is 46.3 Å². The molecule has 10 heteroatoms. The molecule has 0 unspecified atom stereocenters. The van der Waals surface area contributed by atoms with Crippen LogP contribution in [-0.4, -0.2) is 58.7 Å². The van der Waals surface area contributed by atoms with Gasteiger partial charge >= 0.3 is 0 Å². The van der Waals surface area contributed by atoms with Gasteiger partial charge < -0.3 is 19.5 Å². The van der Waals surface area contributed by atoms with Gasteiger partial charge in [-0.2, -0.15) is 4.31 Å². The van der Waals surface area contributed by atoms with Crippen LogP contribution in [0.2, 0.25) is 0 Å². The van der Waals surface area contributed by atoms with Gasteiger partial charge in [0.1, 0.15) is 16.4 Å². The molecule has 3 rings (SSSR count). The number of ether oxygens (including phenoxy) is 3. The number of halogens is 1. The highest BCUT2D eigenvalue weighted by Crippen LogP contribution is 2.30. The summed E-state index contributed by atoms with van der Waals surface area (Å²) in [6, 6.07) is 11.7. The number of benzene rings is 2. The Morgan fingerprint density at radius 3 is 2.59 bits per heavy atom. The Balaban J connectivity index is 1.74. The summed E-state index contributed by atoms with van der Waals surface area (Å²) in [5, 5.41) is 2.66. The lowest BCUT2D eigenvalue weighted by Gasteiger charge is -2.26. The van der Waals surface area contributed by atoms with Gasteiger partial charge in [-0.3, -0.25) is 4.79 Å². The Labute approximate surface area is 177 Å². The Bertz CT molecular complexity index is 976. The molecule has 1 aliphatic heterocycles. The molecule has 1 aliphatic rings. The van der Waals surface area contributed by atoms with Crippen molar-refractivity contribution in [3.8, 4) is 11.5 Å². The van der Waals surface area contributed by atoms with Crippen LogP contribution in [-0.2, 0) is 19.6 Å². The maximum Gasteiger partial charge on any atom is 0.262 e. The molecule has 1 saturated heterocycles. The van der Waals surface area contributed by atoms with Crippen LogP contribution < -0.4 is 14.8 Å². The van der Waals surface area contributed by atoms with E-state index < -0.39 is 15.9 Å². The lowest BCUT2D eigenvalue weighted by Crippen LogP contribution is -2.40. The molecule has 0 bridgehead atoms. The zero-order chi connectivity index (χ0) is 20.9. The van der Waals surface area contributed by atoms with Crippen molar-refractivity contribution < 1.29 is 27.4 Å². The lowest BCUT2D eigenvalue weighted by molar-refractivity contribution is -0.118. The number of amides is 1.